The minimum Gasteiger partial charge on any atom is -0.451 e. The van der Waals surface area contributed by atoms with Gasteiger partial charge in [0.1, 0.15) is 4.88 Å². The second-order valence-electron chi connectivity index (χ2n) is 6.34. The molecule has 27 heavy (non-hydrogen) atoms. The average Bonchev–Trinajstić information content (AvgIpc) is 3.31. The molecule has 1 aliphatic carbocycles. The summed E-state index contributed by atoms with van der Waals surface area (Å²) in [7, 11) is 1.51. The fraction of sp³-hybridized carbons (Fsp3) is 0.316. The summed E-state index contributed by atoms with van der Waals surface area (Å²) in [4.78, 5) is 38.5. The molecule has 2 amide bonds. The Labute approximate surface area is 166 Å². The summed E-state index contributed by atoms with van der Waals surface area (Å²) in [6, 6.07) is 11.0. The summed E-state index contributed by atoms with van der Waals surface area (Å²) in [6.45, 7) is -0.452. The molecule has 0 radical (unpaired) electrons. The Kier molecular flexibility index (Phi) is 6.13. The van der Waals surface area contributed by atoms with Gasteiger partial charge in [-0.25, -0.2) is 4.79 Å². The topological polar surface area (TPSA) is 75.7 Å². The van der Waals surface area contributed by atoms with Crippen LogP contribution in [0.4, 0.5) is 0 Å². The first kappa shape index (κ1) is 19.4. The van der Waals surface area contributed by atoms with E-state index in [1.54, 1.807) is 18.2 Å². The van der Waals surface area contributed by atoms with Gasteiger partial charge in [-0.1, -0.05) is 23.7 Å². The van der Waals surface area contributed by atoms with Crippen molar-refractivity contribution in [1.29, 1.82) is 0 Å². The average molecular weight is 407 g/mol. The van der Waals surface area contributed by atoms with Crippen LogP contribution in [0.1, 0.15) is 22.5 Å². The number of thiophene rings is 1. The molecule has 1 aromatic carbocycles. The lowest BCUT2D eigenvalue weighted by Crippen LogP contribution is -2.40. The number of carbonyl (C=O) groups excluding carboxylic acids is 3. The molecular weight excluding hydrogens is 388 g/mol. The molecule has 0 atom stereocenters. The molecule has 1 aromatic heterocycles. The number of nitrogens with one attached hydrogen (secondary N) is 1. The van der Waals surface area contributed by atoms with Gasteiger partial charge in [-0.05, 0) is 42.7 Å². The van der Waals surface area contributed by atoms with E-state index in [9.17, 15) is 14.4 Å². The largest absolute Gasteiger partial charge is 0.451 e. The standard InChI is InChI=1S/C19H19ClN2O4S/c1-22(10-17(23)21-14-6-7-14)18(24)11-26-19(25)16-9-8-15(27-16)12-2-4-13(20)5-3-12/h2-5,8-9,14H,6-7,10-11H2,1H3,(H,21,23). The molecule has 1 fully saturated rings. The first-order valence-electron chi connectivity index (χ1n) is 8.48. The normalized spacial score (nSPS) is 13.1. The predicted molar refractivity (Wildman–Crippen MR) is 104 cm³/mol. The maximum atomic E-state index is 12.2. The number of likely N-dealkylation sites (N-methyl/N-ethyl adjacent to an activating group) is 1. The molecule has 0 unspecified atom stereocenters. The van der Waals surface area contributed by atoms with E-state index in [0.29, 0.717) is 9.90 Å². The number of ether oxygens (including phenoxy) is 1. The molecule has 1 heterocycles. The lowest BCUT2D eigenvalue weighted by Gasteiger charge is -2.16. The van der Waals surface area contributed by atoms with Crippen molar-refractivity contribution in [1.82, 2.24) is 10.2 Å². The van der Waals surface area contributed by atoms with Crippen LogP contribution in [-0.2, 0) is 14.3 Å². The first-order chi connectivity index (χ1) is 12.9. The number of hydrogen-bond donors (Lipinski definition) is 1. The minimum atomic E-state index is -0.565. The van der Waals surface area contributed by atoms with E-state index in [4.69, 9.17) is 16.3 Å². The quantitative estimate of drug-likeness (QED) is 0.717. The smallest absolute Gasteiger partial charge is 0.348 e. The Balaban J connectivity index is 1.49. The number of rotatable bonds is 7. The Morgan fingerprint density at radius 3 is 2.56 bits per heavy atom. The third-order valence-electron chi connectivity index (χ3n) is 4.01. The third-order valence-corrected chi connectivity index (χ3v) is 5.38. The van der Waals surface area contributed by atoms with Crippen LogP contribution in [0.3, 0.4) is 0 Å². The van der Waals surface area contributed by atoms with Crippen LogP contribution >= 0.6 is 22.9 Å². The zero-order chi connectivity index (χ0) is 19.4. The van der Waals surface area contributed by atoms with Crippen molar-refractivity contribution in [3.8, 4) is 10.4 Å². The Bertz CT molecular complexity index is 846. The zero-order valence-electron chi connectivity index (χ0n) is 14.7. The van der Waals surface area contributed by atoms with Gasteiger partial charge in [0.15, 0.2) is 6.61 Å². The van der Waals surface area contributed by atoms with E-state index in [-0.39, 0.29) is 18.5 Å². The Morgan fingerprint density at radius 1 is 1.19 bits per heavy atom. The SMILES string of the molecule is CN(CC(=O)NC1CC1)C(=O)COC(=O)c1ccc(-c2ccc(Cl)cc2)s1. The Morgan fingerprint density at radius 2 is 1.89 bits per heavy atom. The van der Waals surface area contributed by atoms with Crippen molar-refractivity contribution in [2.24, 2.45) is 0 Å². The van der Waals surface area contributed by atoms with Crippen LogP contribution < -0.4 is 5.32 Å². The molecule has 1 N–H and O–H groups in total. The molecule has 6 nitrogen and oxygen atoms in total. The van der Waals surface area contributed by atoms with Gasteiger partial charge in [0, 0.05) is 23.0 Å². The summed E-state index contributed by atoms with van der Waals surface area (Å²) in [5.74, 6) is -1.20. The number of esters is 1. The highest BCUT2D eigenvalue weighted by Crippen LogP contribution is 2.29. The lowest BCUT2D eigenvalue weighted by atomic mass is 10.2. The van der Waals surface area contributed by atoms with Gasteiger partial charge >= 0.3 is 5.97 Å². The number of hydrogen-bond acceptors (Lipinski definition) is 5. The van der Waals surface area contributed by atoms with E-state index < -0.39 is 18.5 Å². The summed E-state index contributed by atoms with van der Waals surface area (Å²) < 4.78 is 5.08. The van der Waals surface area contributed by atoms with Gasteiger partial charge in [0.05, 0.1) is 6.54 Å². The van der Waals surface area contributed by atoms with Crippen molar-refractivity contribution in [3.05, 3.63) is 46.3 Å². The summed E-state index contributed by atoms with van der Waals surface area (Å²) >= 11 is 7.16. The van der Waals surface area contributed by atoms with Crippen molar-refractivity contribution in [3.63, 3.8) is 0 Å². The van der Waals surface area contributed by atoms with Gasteiger partial charge in [0.2, 0.25) is 5.91 Å². The zero-order valence-corrected chi connectivity index (χ0v) is 16.3. The summed E-state index contributed by atoms with van der Waals surface area (Å²) in [6.07, 6.45) is 1.97. The first-order valence-corrected chi connectivity index (χ1v) is 9.68. The fourth-order valence-electron chi connectivity index (χ4n) is 2.33. The highest BCUT2D eigenvalue weighted by molar-refractivity contribution is 7.17. The molecule has 8 heteroatoms. The summed E-state index contributed by atoms with van der Waals surface area (Å²) in [5.41, 5.74) is 0.945. The molecule has 0 bridgehead atoms. The van der Waals surface area contributed by atoms with E-state index in [1.807, 2.05) is 18.2 Å². The van der Waals surface area contributed by atoms with Gasteiger partial charge in [-0.2, -0.15) is 0 Å². The van der Waals surface area contributed by atoms with Crippen molar-refractivity contribution in [2.75, 3.05) is 20.2 Å². The monoisotopic (exact) mass is 406 g/mol. The van der Waals surface area contributed by atoms with Crippen LogP contribution in [0.2, 0.25) is 5.02 Å². The second-order valence-corrected chi connectivity index (χ2v) is 7.86. The number of halogens is 1. The minimum absolute atomic E-state index is 0.0490. The van der Waals surface area contributed by atoms with Crippen LogP contribution in [0.5, 0.6) is 0 Å². The highest BCUT2D eigenvalue weighted by atomic mass is 35.5. The molecule has 142 valence electrons. The number of carbonyl (C=O) groups is 3. The van der Waals surface area contributed by atoms with Crippen molar-refractivity contribution < 1.29 is 19.1 Å². The summed E-state index contributed by atoms with van der Waals surface area (Å²) in [5, 5.41) is 3.45. The van der Waals surface area contributed by atoms with Gasteiger partial charge in [-0.15, -0.1) is 11.3 Å². The van der Waals surface area contributed by atoms with Crippen molar-refractivity contribution >= 4 is 40.7 Å². The van der Waals surface area contributed by atoms with Crippen LogP contribution in [0, 0.1) is 0 Å². The molecule has 2 aromatic rings. The fourth-order valence-corrected chi connectivity index (χ4v) is 3.36. The molecule has 0 aliphatic heterocycles. The molecule has 1 aliphatic rings. The van der Waals surface area contributed by atoms with Crippen molar-refractivity contribution in [2.45, 2.75) is 18.9 Å². The Hall–Kier alpha value is -2.38. The number of amides is 2. The second kappa shape index (κ2) is 8.54. The van der Waals surface area contributed by atoms with Crippen LogP contribution in [-0.4, -0.2) is 48.9 Å². The highest BCUT2D eigenvalue weighted by Gasteiger charge is 2.24. The number of nitrogens with zero attached hydrogens (tertiary/aromatic N) is 1. The molecular formula is C19H19ClN2O4S. The van der Waals surface area contributed by atoms with Gasteiger partial charge in [-0.3, -0.25) is 9.59 Å². The van der Waals surface area contributed by atoms with E-state index in [1.165, 1.54) is 23.3 Å². The predicted octanol–water partition coefficient (Wildman–Crippen LogP) is 2.96. The molecule has 0 spiro atoms. The van der Waals surface area contributed by atoms with E-state index in [2.05, 4.69) is 5.32 Å². The molecule has 1 saturated carbocycles. The van der Waals surface area contributed by atoms with Gasteiger partial charge < -0.3 is 15.0 Å². The maximum absolute atomic E-state index is 12.2. The maximum Gasteiger partial charge on any atom is 0.348 e. The lowest BCUT2D eigenvalue weighted by molar-refractivity contribution is -0.137. The van der Waals surface area contributed by atoms with E-state index >= 15 is 0 Å². The molecule has 0 saturated heterocycles. The van der Waals surface area contributed by atoms with Crippen LogP contribution in [0.15, 0.2) is 36.4 Å². The number of benzene rings is 1. The van der Waals surface area contributed by atoms with E-state index in [0.717, 1.165) is 23.3 Å². The van der Waals surface area contributed by atoms with Gasteiger partial charge in [0.25, 0.3) is 5.91 Å². The van der Waals surface area contributed by atoms with Crippen LogP contribution in [0.25, 0.3) is 10.4 Å². The third kappa shape index (κ3) is 5.55. The molecule has 3 rings (SSSR count).